The number of allylic oxidation sites excluding steroid dienone is 2. The maximum atomic E-state index is 10.7. The van der Waals surface area contributed by atoms with Crippen LogP contribution >= 0.6 is 0 Å². The molecule has 15 heavy (non-hydrogen) atoms. The van der Waals surface area contributed by atoms with Crippen LogP contribution in [0.2, 0.25) is 0 Å². The number of nitrogens with zero attached hydrogens (tertiary/aromatic N) is 1. The van der Waals surface area contributed by atoms with Gasteiger partial charge in [-0.3, -0.25) is 0 Å². The third-order valence-corrected chi connectivity index (χ3v) is 2.05. The Kier molecular flexibility index (Phi) is 2.76. The van der Waals surface area contributed by atoms with Crippen molar-refractivity contribution in [1.29, 1.82) is 5.26 Å². The normalized spacial score (nSPS) is 15.7. The van der Waals surface area contributed by atoms with Crippen LogP contribution in [0.25, 0.3) is 0 Å². The first-order chi connectivity index (χ1) is 6.97. The van der Waals surface area contributed by atoms with E-state index in [-0.39, 0.29) is 23.3 Å². The molecule has 0 aromatic carbocycles. The minimum absolute atomic E-state index is 0.0357. The highest BCUT2D eigenvalue weighted by molar-refractivity contribution is 5.95. The highest BCUT2D eigenvalue weighted by atomic mass is 16.4. The minimum Gasteiger partial charge on any atom is -0.478 e. The third kappa shape index (κ3) is 1.96. The number of nitrogens with one attached hydrogen (secondary N) is 1. The summed E-state index contributed by atoms with van der Waals surface area (Å²) in [6.07, 6.45) is -0.244. The van der Waals surface area contributed by atoms with Crippen LogP contribution in [-0.4, -0.2) is 22.2 Å². The molecule has 78 valence electrons. The van der Waals surface area contributed by atoms with Gasteiger partial charge in [0, 0.05) is 12.1 Å². The Hall–Kier alpha value is -2.29. The molecular weight excluding hydrogens is 200 g/mol. The number of hydrogen-bond acceptors (Lipinski definition) is 4. The highest BCUT2D eigenvalue weighted by Crippen LogP contribution is 2.22. The lowest BCUT2D eigenvalue weighted by Crippen LogP contribution is -2.25. The second-order valence-corrected chi connectivity index (χ2v) is 2.98. The van der Waals surface area contributed by atoms with Gasteiger partial charge in [0.2, 0.25) is 0 Å². The molecule has 3 N–H and O–H groups in total. The zero-order chi connectivity index (χ0) is 11.6. The van der Waals surface area contributed by atoms with E-state index in [0.29, 0.717) is 5.70 Å². The topological polar surface area (TPSA) is 110 Å². The largest absolute Gasteiger partial charge is 0.478 e. The van der Waals surface area contributed by atoms with E-state index >= 15 is 0 Å². The molecule has 0 atom stereocenters. The monoisotopic (exact) mass is 208 g/mol. The van der Waals surface area contributed by atoms with Crippen molar-refractivity contribution in [3.05, 3.63) is 22.5 Å². The molecule has 0 unspecified atom stereocenters. The maximum Gasteiger partial charge on any atom is 0.334 e. The number of rotatable bonds is 2. The summed E-state index contributed by atoms with van der Waals surface area (Å²) in [5.74, 6) is -2.47. The van der Waals surface area contributed by atoms with Gasteiger partial charge in [-0.2, -0.15) is 5.26 Å². The lowest BCUT2D eigenvalue weighted by Gasteiger charge is -2.17. The summed E-state index contributed by atoms with van der Waals surface area (Å²) < 4.78 is 0. The second kappa shape index (κ2) is 3.84. The number of hydrogen-bond donors (Lipinski definition) is 3. The molecule has 0 fully saturated rings. The van der Waals surface area contributed by atoms with Crippen molar-refractivity contribution in [2.75, 3.05) is 0 Å². The lowest BCUT2D eigenvalue weighted by atomic mass is 9.98. The first-order valence-corrected chi connectivity index (χ1v) is 4.04. The van der Waals surface area contributed by atoms with Crippen molar-refractivity contribution in [1.82, 2.24) is 5.32 Å². The van der Waals surface area contributed by atoms with Crippen LogP contribution in [0.15, 0.2) is 22.5 Å². The molecule has 1 heterocycles. The standard InChI is InChI=1S/C9H8N2O4/c1-4-5(8(12)13)2-6(9(14)15)7(3-10)11-4/h11H,2H2,1H3,(H,12,13)(H,14,15). The molecule has 0 saturated heterocycles. The Balaban J connectivity index is 3.14. The van der Waals surface area contributed by atoms with Gasteiger partial charge in [-0.05, 0) is 6.92 Å². The van der Waals surface area contributed by atoms with Crippen molar-refractivity contribution in [2.24, 2.45) is 0 Å². The van der Waals surface area contributed by atoms with Gasteiger partial charge >= 0.3 is 11.9 Å². The minimum atomic E-state index is -1.29. The van der Waals surface area contributed by atoms with Crippen LogP contribution < -0.4 is 5.32 Å². The van der Waals surface area contributed by atoms with Gasteiger partial charge < -0.3 is 15.5 Å². The smallest absolute Gasteiger partial charge is 0.334 e. The fourth-order valence-electron chi connectivity index (χ4n) is 1.25. The van der Waals surface area contributed by atoms with Gasteiger partial charge in [0.1, 0.15) is 11.8 Å². The predicted octanol–water partition coefficient (Wildman–Crippen LogP) is 0.201. The van der Waals surface area contributed by atoms with E-state index in [2.05, 4.69) is 5.32 Å². The SMILES string of the molecule is CC1=C(C(=O)O)CC(C(=O)O)=C(C#N)N1. The summed E-state index contributed by atoms with van der Waals surface area (Å²) in [5.41, 5.74) is -0.0686. The van der Waals surface area contributed by atoms with Crippen molar-refractivity contribution < 1.29 is 19.8 Å². The van der Waals surface area contributed by atoms with E-state index in [4.69, 9.17) is 15.5 Å². The molecule has 0 radical (unpaired) electrons. The fraction of sp³-hybridized carbons (Fsp3) is 0.222. The van der Waals surface area contributed by atoms with Gasteiger partial charge in [-0.15, -0.1) is 0 Å². The average Bonchev–Trinajstić information content (AvgIpc) is 2.16. The molecule has 1 aliphatic heterocycles. The number of carboxylic acid groups (broad SMARTS) is 2. The van der Waals surface area contributed by atoms with Crippen LogP contribution in [0.1, 0.15) is 13.3 Å². The Morgan fingerprint density at radius 2 is 1.87 bits per heavy atom. The lowest BCUT2D eigenvalue weighted by molar-refractivity contribution is -0.133. The first-order valence-electron chi connectivity index (χ1n) is 4.04. The van der Waals surface area contributed by atoms with Crippen LogP contribution in [-0.2, 0) is 9.59 Å². The van der Waals surface area contributed by atoms with Crippen LogP contribution in [0, 0.1) is 11.3 Å². The van der Waals surface area contributed by atoms with E-state index in [1.54, 1.807) is 6.07 Å². The molecule has 1 rings (SSSR count). The van der Waals surface area contributed by atoms with Gasteiger partial charge in [0.05, 0.1) is 11.1 Å². The van der Waals surface area contributed by atoms with E-state index < -0.39 is 11.9 Å². The summed E-state index contributed by atoms with van der Waals surface area (Å²) in [5, 5.41) is 28.6. The second-order valence-electron chi connectivity index (χ2n) is 2.98. The number of dihydropyridines is 1. The fourth-order valence-corrected chi connectivity index (χ4v) is 1.25. The summed E-state index contributed by atoms with van der Waals surface area (Å²) in [6, 6.07) is 1.69. The first kappa shape index (κ1) is 10.8. The van der Waals surface area contributed by atoms with Crippen molar-refractivity contribution in [3.8, 4) is 6.07 Å². The van der Waals surface area contributed by atoms with E-state index in [0.717, 1.165) is 0 Å². The zero-order valence-corrected chi connectivity index (χ0v) is 7.87. The van der Waals surface area contributed by atoms with E-state index in [9.17, 15) is 9.59 Å². The molecule has 6 nitrogen and oxygen atoms in total. The Labute approximate surface area is 85.1 Å². The molecular formula is C9H8N2O4. The summed E-state index contributed by atoms with van der Waals surface area (Å²) in [7, 11) is 0. The van der Waals surface area contributed by atoms with Gasteiger partial charge in [-0.1, -0.05) is 0 Å². The molecule has 1 aliphatic rings. The summed E-state index contributed by atoms with van der Waals surface area (Å²) >= 11 is 0. The van der Waals surface area contributed by atoms with Gasteiger partial charge in [-0.25, -0.2) is 9.59 Å². The quantitative estimate of drug-likeness (QED) is 0.597. The molecule has 0 aliphatic carbocycles. The molecule has 6 heteroatoms. The Bertz CT molecular complexity index is 440. The molecule has 0 spiro atoms. The Morgan fingerprint density at radius 1 is 1.33 bits per heavy atom. The third-order valence-electron chi connectivity index (χ3n) is 2.05. The van der Waals surface area contributed by atoms with Crippen LogP contribution in [0.5, 0.6) is 0 Å². The number of nitriles is 1. The number of carbonyl (C=O) groups is 2. The van der Waals surface area contributed by atoms with Crippen molar-refractivity contribution >= 4 is 11.9 Å². The van der Waals surface area contributed by atoms with Crippen LogP contribution in [0.3, 0.4) is 0 Å². The number of carboxylic acids is 2. The van der Waals surface area contributed by atoms with Crippen molar-refractivity contribution in [3.63, 3.8) is 0 Å². The number of aliphatic carboxylic acids is 2. The van der Waals surface area contributed by atoms with E-state index in [1.165, 1.54) is 6.92 Å². The summed E-state index contributed by atoms with van der Waals surface area (Å²) in [6.45, 7) is 1.49. The Morgan fingerprint density at radius 3 is 2.27 bits per heavy atom. The summed E-state index contributed by atoms with van der Waals surface area (Å²) in [4.78, 5) is 21.5. The zero-order valence-electron chi connectivity index (χ0n) is 7.87. The van der Waals surface area contributed by atoms with Gasteiger partial charge in [0.25, 0.3) is 0 Å². The van der Waals surface area contributed by atoms with Crippen LogP contribution in [0.4, 0.5) is 0 Å². The van der Waals surface area contributed by atoms with Crippen molar-refractivity contribution in [2.45, 2.75) is 13.3 Å². The molecule has 0 amide bonds. The average molecular weight is 208 g/mol. The molecule has 0 saturated carbocycles. The van der Waals surface area contributed by atoms with Gasteiger partial charge in [0.15, 0.2) is 0 Å². The predicted molar refractivity (Wildman–Crippen MR) is 48.4 cm³/mol. The molecule has 0 bridgehead atoms. The molecule has 0 aromatic rings. The maximum absolute atomic E-state index is 10.7. The highest BCUT2D eigenvalue weighted by Gasteiger charge is 2.26. The van der Waals surface area contributed by atoms with E-state index in [1.807, 2.05) is 0 Å². The molecule has 0 aromatic heterocycles.